The predicted octanol–water partition coefficient (Wildman–Crippen LogP) is 1.23. The quantitative estimate of drug-likeness (QED) is 0.734. The molecule has 0 bridgehead atoms. The number of nitrogens with zero attached hydrogens (tertiary/aromatic N) is 4. The SMILES string of the molecule is Cn1ccc(C(=O)NCc2cn(-c3ccccc3C(=O)O)cn2)n1. The number of carboxylic acids is 1. The second kappa shape index (κ2) is 6.37. The number of imidazole rings is 1. The molecule has 0 aliphatic rings. The summed E-state index contributed by atoms with van der Waals surface area (Å²) in [5.41, 5.74) is 1.63. The average molecular weight is 325 g/mol. The number of amides is 1. The summed E-state index contributed by atoms with van der Waals surface area (Å²) in [5.74, 6) is -1.31. The highest BCUT2D eigenvalue weighted by Crippen LogP contribution is 2.15. The fourth-order valence-electron chi connectivity index (χ4n) is 2.26. The highest BCUT2D eigenvalue weighted by Gasteiger charge is 2.12. The molecule has 1 aromatic carbocycles. The first-order valence-corrected chi connectivity index (χ1v) is 7.18. The van der Waals surface area contributed by atoms with Gasteiger partial charge in [0.1, 0.15) is 5.69 Å². The second-order valence-electron chi connectivity index (χ2n) is 5.15. The van der Waals surface area contributed by atoms with Crippen LogP contribution in [0.15, 0.2) is 49.1 Å². The van der Waals surface area contributed by atoms with Gasteiger partial charge >= 0.3 is 5.97 Å². The molecular formula is C16H15N5O3. The van der Waals surface area contributed by atoms with Crippen molar-refractivity contribution in [3.63, 3.8) is 0 Å². The van der Waals surface area contributed by atoms with Crippen molar-refractivity contribution in [1.82, 2.24) is 24.6 Å². The van der Waals surface area contributed by atoms with E-state index < -0.39 is 5.97 Å². The second-order valence-corrected chi connectivity index (χ2v) is 5.15. The van der Waals surface area contributed by atoms with Crippen LogP contribution in [0.2, 0.25) is 0 Å². The molecule has 0 unspecified atom stereocenters. The molecule has 8 heteroatoms. The van der Waals surface area contributed by atoms with Crippen LogP contribution in [0.4, 0.5) is 0 Å². The van der Waals surface area contributed by atoms with Crippen molar-refractivity contribution < 1.29 is 14.7 Å². The van der Waals surface area contributed by atoms with Crippen molar-refractivity contribution >= 4 is 11.9 Å². The van der Waals surface area contributed by atoms with E-state index in [1.54, 1.807) is 53.0 Å². The average Bonchev–Trinajstić information content (AvgIpc) is 3.21. The molecule has 0 aliphatic heterocycles. The normalized spacial score (nSPS) is 10.5. The van der Waals surface area contributed by atoms with Crippen LogP contribution in [0.1, 0.15) is 26.5 Å². The van der Waals surface area contributed by atoms with Gasteiger partial charge in [0.05, 0.1) is 29.8 Å². The van der Waals surface area contributed by atoms with Crippen molar-refractivity contribution in [3.8, 4) is 5.69 Å². The zero-order valence-electron chi connectivity index (χ0n) is 12.9. The maximum absolute atomic E-state index is 12.0. The molecule has 122 valence electrons. The molecule has 0 aliphatic carbocycles. The van der Waals surface area contributed by atoms with Gasteiger partial charge in [-0.1, -0.05) is 12.1 Å². The fourth-order valence-corrected chi connectivity index (χ4v) is 2.26. The first-order valence-electron chi connectivity index (χ1n) is 7.18. The molecule has 0 atom stereocenters. The Labute approximate surface area is 137 Å². The van der Waals surface area contributed by atoms with Crippen molar-refractivity contribution in [2.75, 3.05) is 0 Å². The lowest BCUT2D eigenvalue weighted by Gasteiger charge is -2.05. The summed E-state index contributed by atoms with van der Waals surface area (Å²) in [6, 6.07) is 8.26. The third-order valence-electron chi connectivity index (χ3n) is 3.43. The van der Waals surface area contributed by atoms with E-state index in [1.165, 1.54) is 12.4 Å². The third-order valence-corrected chi connectivity index (χ3v) is 3.43. The van der Waals surface area contributed by atoms with Gasteiger partial charge in [-0.3, -0.25) is 9.48 Å². The van der Waals surface area contributed by atoms with E-state index in [1.807, 2.05) is 0 Å². The van der Waals surface area contributed by atoms with E-state index in [0.29, 0.717) is 17.1 Å². The zero-order chi connectivity index (χ0) is 17.1. The lowest BCUT2D eigenvalue weighted by Crippen LogP contribution is -2.23. The van der Waals surface area contributed by atoms with Gasteiger partial charge in [-0.2, -0.15) is 5.10 Å². The summed E-state index contributed by atoms with van der Waals surface area (Å²) in [5, 5.41) is 16.0. The van der Waals surface area contributed by atoms with Gasteiger partial charge in [0.15, 0.2) is 0 Å². The van der Waals surface area contributed by atoms with Gasteiger partial charge in [0.25, 0.3) is 5.91 Å². The van der Waals surface area contributed by atoms with E-state index in [2.05, 4.69) is 15.4 Å². The molecule has 0 saturated carbocycles. The van der Waals surface area contributed by atoms with Gasteiger partial charge in [-0.15, -0.1) is 0 Å². The van der Waals surface area contributed by atoms with Gasteiger partial charge in [0, 0.05) is 19.4 Å². The van der Waals surface area contributed by atoms with Gasteiger partial charge < -0.3 is 15.0 Å². The summed E-state index contributed by atoms with van der Waals surface area (Å²) < 4.78 is 3.16. The molecular weight excluding hydrogens is 310 g/mol. The Morgan fingerprint density at radius 2 is 2.04 bits per heavy atom. The molecule has 2 heterocycles. The molecule has 8 nitrogen and oxygen atoms in total. The molecule has 1 amide bonds. The van der Waals surface area contributed by atoms with Crippen molar-refractivity contribution in [3.05, 3.63) is 66.0 Å². The Morgan fingerprint density at radius 3 is 2.75 bits per heavy atom. The minimum atomic E-state index is -1.01. The fraction of sp³-hybridized carbons (Fsp3) is 0.125. The molecule has 0 spiro atoms. The maximum Gasteiger partial charge on any atom is 0.337 e. The molecule has 3 aromatic rings. The summed E-state index contributed by atoms with van der Waals surface area (Å²) in [6.45, 7) is 0.220. The van der Waals surface area contributed by atoms with Crippen LogP contribution in [-0.2, 0) is 13.6 Å². The minimum absolute atomic E-state index is 0.180. The number of aromatic carboxylic acids is 1. The van der Waals surface area contributed by atoms with E-state index in [9.17, 15) is 14.7 Å². The summed E-state index contributed by atoms with van der Waals surface area (Å²) in [4.78, 5) is 27.4. The first kappa shape index (κ1) is 15.5. The predicted molar refractivity (Wildman–Crippen MR) is 84.9 cm³/mol. The number of hydrogen-bond acceptors (Lipinski definition) is 4. The molecule has 0 fully saturated rings. The molecule has 0 saturated heterocycles. The van der Waals surface area contributed by atoms with E-state index in [-0.39, 0.29) is 18.0 Å². The van der Waals surface area contributed by atoms with Crippen molar-refractivity contribution in [1.29, 1.82) is 0 Å². The lowest BCUT2D eigenvalue weighted by molar-refractivity contribution is 0.0696. The Hall–Kier alpha value is -3.42. The molecule has 3 rings (SSSR count). The standard InChI is InChI=1S/C16H15N5O3/c1-20-7-6-13(19-20)15(22)17-8-11-9-21(10-18-11)14-5-3-2-4-12(14)16(23)24/h2-7,9-10H,8H2,1H3,(H,17,22)(H,23,24). The number of carbonyl (C=O) groups is 2. The van der Waals surface area contributed by atoms with Gasteiger partial charge in [-0.25, -0.2) is 9.78 Å². The number of benzene rings is 1. The Balaban J connectivity index is 1.72. The van der Waals surface area contributed by atoms with Crippen LogP contribution in [-0.4, -0.2) is 36.3 Å². The number of para-hydroxylation sites is 1. The van der Waals surface area contributed by atoms with Crippen LogP contribution in [0.25, 0.3) is 5.69 Å². The Bertz CT molecular complexity index is 897. The van der Waals surface area contributed by atoms with Crippen LogP contribution < -0.4 is 5.32 Å². The number of aromatic nitrogens is 4. The third kappa shape index (κ3) is 3.17. The minimum Gasteiger partial charge on any atom is -0.478 e. The number of carboxylic acid groups (broad SMARTS) is 1. The summed E-state index contributed by atoms with van der Waals surface area (Å²) >= 11 is 0. The van der Waals surface area contributed by atoms with E-state index in [0.717, 1.165) is 0 Å². The number of aryl methyl sites for hydroxylation is 1. The van der Waals surface area contributed by atoms with Crippen LogP contribution in [0.3, 0.4) is 0 Å². The lowest BCUT2D eigenvalue weighted by atomic mass is 10.2. The topological polar surface area (TPSA) is 102 Å². The van der Waals surface area contributed by atoms with Crippen LogP contribution in [0.5, 0.6) is 0 Å². The van der Waals surface area contributed by atoms with Crippen LogP contribution in [0, 0.1) is 0 Å². The monoisotopic (exact) mass is 325 g/mol. The highest BCUT2D eigenvalue weighted by atomic mass is 16.4. The first-order chi connectivity index (χ1) is 11.5. The Kier molecular flexibility index (Phi) is 4.11. The molecule has 24 heavy (non-hydrogen) atoms. The summed E-state index contributed by atoms with van der Waals surface area (Å²) in [7, 11) is 1.73. The smallest absolute Gasteiger partial charge is 0.337 e. The number of rotatable bonds is 5. The largest absolute Gasteiger partial charge is 0.478 e. The number of hydrogen-bond donors (Lipinski definition) is 2. The molecule has 2 N–H and O–H groups in total. The summed E-state index contributed by atoms with van der Waals surface area (Å²) in [6.07, 6.45) is 4.89. The molecule has 0 radical (unpaired) electrons. The number of carbonyl (C=O) groups excluding carboxylic acids is 1. The highest BCUT2D eigenvalue weighted by molar-refractivity contribution is 5.92. The zero-order valence-corrected chi connectivity index (χ0v) is 12.9. The van der Waals surface area contributed by atoms with E-state index in [4.69, 9.17) is 0 Å². The number of nitrogens with one attached hydrogen (secondary N) is 1. The van der Waals surface area contributed by atoms with Gasteiger partial charge in [0.2, 0.25) is 0 Å². The van der Waals surface area contributed by atoms with E-state index >= 15 is 0 Å². The maximum atomic E-state index is 12.0. The van der Waals surface area contributed by atoms with Crippen LogP contribution >= 0.6 is 0 Å². The van der Waals surface area contributed by atoms with Crippen molar-refractivity contribution in [2.24, 2.45) is 7.05 Å². The molecule has 2 aromatic heterocycles. The Morgan fingerprint density at radius 1 is 1.25 bits per heavy atom. The van der Waals surface area contributed by atoms with Crippen molar-refractivity contribution in [2.45, 2.75) is 6.54 Å². The van der Waals surface area contributed by atoms with Gasteiger partial charge in [-0.05, 0) is 18.2 Å².